The molecule has 4 heteroatoms. The van der Waals surface area contributed by atoms with Crippen molar-refractivity contribution < 1.29 is 9.59 Å². The molecular formula is C16H32N2O2. The summed E-state index contributed by atoms with van der Waals surface area (Å²) < 4.78 is 0. The van der Waals surface area contributed by atoms with Gasteiger partial charge in [0.1, 0.15) is 6.04 Å². The molecule has 4 nitrogen and oxygen atoms in total. The van der Waals surface area contributed by atoms with Gasteiger partial charge in [-0.2, -0.15) is 0 Å². The van der Waals surface area contributed by atoms with Crippen molar-refractivity contribution in [2.75, 3.05) is 6.54 Å². The zero-order valence-corrected chi connectivity index (χ0v) is 13.6. The van der Waals surface area contributed by atoms with Crippen LogP contribution in [0.3, 0.4) is 0 Å². The molecule has 0 spiro atoms. The standard InChI is InChI=1S/C16H32N2O2/c1-5-7-8-9-10-11-12-17-16(20)15(13(3)6-2)18-14(4)19/h13,15H,5-12H2,1-4H3,(H,17,20)(H,18,19)/t13?,15-/m0/s1. The highest BCUT2D eigenvalue weighted by Crippen LogP contribution is 2.08. The first-order valence-corrected chi connectivity index (χ1v) is 8.07. The number of rotatable bonds is 11. The van der Waals surface area contributed by atoms with E-state index in [0.29, 0.717) is 6.54 Å². The fourth-order valence-electron chi connectivity index (χ4n) is 2.15. The maximum absolute atomic E-state index is 12.1. The second-order valence-electron chi connectivity index (χ2n) is 5.62. The summed E-state index contributed by atoms with van der Waals surface area (Å²) >= 11 is 0. The van der Waals surface area contributed by atoms with Gasteiger partial charge in [0.25, 0.3) is 0 Å². The summed E-state index contributed by atoms with van der Waals surface area (Å²) in [6.45, 7) is 8.39. The van der Waals surface area contributed by atoms with Crippen molar-refractivity contribution in [1.82, 2.24) is 10.6 Å². The lowest BCUT2D eigenvalue weighted by molar-refractivity contribution is -0.129. The Morgan fingerprint density at radius 1 is 1.00 bits per heavy atom. The molecule has 0 aromatic heterocycles. The summed E-state index contributed by atoms with van der Waals surface area (Å²) in [5, 5.41) is 5.69. The van der Waals surface area contributed by atoms with Gasteiger partial charge in [0.2, 0.25) is 11.8 Å². The molecule has 0 fully saturated rings. The van der Waals surface area contributed by atoms with Crippen LogP contribution in [0, 0.1) is 5.92 Å². The number of unbranched alkanes of at least 4 members (excludes halogenated alkanes) is 5. The van der Waals surface area contributed by atoms with Crippen LogP contribution < -0.4 is 10.6 Å². The maximum atomic E-state index is 12.1. The highest BCUT2D eigenvalue weighted by atomic mass is 16.2. The van der Waals surface area contributed by atoms with Gasteiger partial charge in [-0.05, 0) is 12.3 Å². The van der Waals surface area contributed by atoms with Gasteiger partial charge < -0.3 is 10.6 Å². The predicted molar refractivity (Wildman–Crippen MR) is 83.4 cm³/mol. The average Bonchev–Trinajstić information content (AvgIpc) is 2.42. The van der Waals surface area contributed by atoms with Gasteiger partial charge in [0, 0.05) is 13.5 Å². The molecule has 20 heavy (non-hydrogen) atoms. The Kier molecular flexibility index (Phi) is 11.1. The molecule has 0 saturated heterocycles. The van der Waals surface area contributed by atoms with Crippen molar-refractivity contribution in [1.29, 1.82) is 0 Å². The van der Waals surface area contributed by atoms with Gasteiger partial charge in [0.15, 0.2) is 0 Å². The summed E-state index contributed by atoms with van der Waals surface area (Å²) in [4.78, 5) is 23.3. The van der Waals surface area contributed by atoms with Crippen LogP contribution in [0.15, 0.2) is 0 Å². The lowest BCUT2D eigenvalue weighted by Crippen LogP contribution is -2.49. The Morgan fingerprint density at radius 2 is 1.60 bits per heavy atom. The third-order valence-electron chi connectivity index (χ3n) is 3.68. The van der Waals surface area contributed by atoms with Crippen LogP contribution in [0.2, 0.25) is 0 Å². The van der Waals surface area contributed by atoms with Gasteiger partial charge in [-0.3, -0.25) is 9.59 Å². The predicted octanol–water partition coefficient (Wildman–Crippen LogP) is 3.01. The molecule has 118 valence electrons. The summed E-state index contributed by atoms with van der Waals surface area (Å²) in [7, 11) is 0. The van der Waals surface area contributed by atoms with Gasteiger partial charge in [0.05, 0.1) is 0 Å². The Bertz CT molecular complexity index is 280. The number of carbonyl (C=O) groups is 2. The van der Waals surface area contributed by atoms with E-state index in [1.165, 1.54) is 32.6 Å². The first kappa shape index (κ1) is 18.9. The van der Waals surface area contributed by atoms with Crippen LogP contribution in [0.25, 0.3) is 0 Å². The minimum atomic E-state index is -0.405. The second-order valence-corrected chi connectivity index (χ2v) is 5.62. The molecule has 1 unspecified atom stereocenters. The van der Waals surface area contributed by atoms with Gasteiger partial charge in [-0.25, -0.2) is 0 Å². The Labute approximate surface area is 124 Å². The third-order valence-corrected chi connectivity index (χ3v) is 3.68. The fourth-order valence-corrected chi connectivity index (χ4v) is 2.15. The SMILES string of the molecule is CCCCCCCCNC(=O)[C@@H](NC(C)=O)C(C)CC. The molecule has 0 heterocycles. The van der Waals surface area contributed by atoms with Gasteiger partial charge >= 0.3 is 0 Å². The Morgan fingerprint density at radius 3 is 2.15 bits per heavy atom. The largest absolute Gasteiger partial charge is 0.354 e. The van der Waals surface area contributed by atoms with Crippen LogP contribution in [0.4, 0.5) is 0 Å². The molecule has 0 aliphatic rings. The topological polar surface area (TPSA) is 58.2 Å². The fraction of sp³-hybridized carbons (Fsp3) is 0.875. The zero-order chi connectivity index (χ0) is 15.4. The van der Waals surface area contributed by atoms with E-state index in [1.54, 1.807) is 0 Å². The second kappa shape index (κ2) is 11.7. The highest BCUT2D eigenvalue weighted by Gasteiger charge is 2.24. The normalized spacial score (nSPS) is 13.6. The average molecular weight is 284 g/mol. The van der Waals surface area contributed by atoms with Gasteiger partial charge in [-0.15, -0.1) is 0 Å². The first-order valence-electron chi connectivity index (χ1n) is 8.07. The van der Waals surface area contributed by atoms with Crippen LogP contribution in [0.1, 0.15) is 72.6 Å². The van der Waals surface area contributed by atoms with E-state index in [0.717, 1.165) is 19.3 Å². The summed E-state index contributed by atoms with van der Waals surface area (Å²) in [5.41, 5.74) is 0. The van der Waals surface area contributed by atoms with E-state index in [-0.39, 0.29) is 17.7 Å². The van der Waals surface area contributed by atoms with Crippen LogP contribution >= 0.6 is 0 Å². The van der Waals surface area contributed by atoms with Crippen molar-refractivity contribution in [3.63, 3.8) is 0 Å². The van der Waals surface area contributed by atoms with Crippen molar-refractivity contribution in [3.05, 3.63) is 0 Å². The van der Waals surface area contributed by atoms with E-state index in [9.17, 15) is 9.59 Å². The Balaban J connectivity index is 3.92. The van der Waals surface area contributed by atoms with E-state index >= 15 is 0 Å². The lowest BCUT2D eigenvalue weighted by atomic mass is 9.98. The third kappa shape index (κ3) is 8.94. The molecule has 2 amide bonds. The Hall–Kier alpha value is -1.06. The van der Waals surface area contributed by atoms with Crippen molar-refractivity contribution in [3.8, 4) is 0 Å². The summed E-state index contributed by atoms with van der Waals surface area (Å²) in [6, 6.07) is -0.405. The van der Waals surface area contributed by atoms with Crippen molar-refractivity contribution >= 4 is 11.8 Å². The van der Waals surface area contributed by atoms with Crippen molar-refractivity contribution in [2.24, 2.45) is 5.92 Å². The minimum Gasteiger partial charge on any atom is -0.354 e. The van der Waals surface area contributed by atoms with E-state index in [4.69, 9.17) is 0 Å². The number of nitrogens with one attached hydrogen (secondary N) is 2. The molecule has 0 aromatic carbocycles. The van der Waals surface area contributed by atoms with Crippen LogP contribution in [0.5, 0.6) is 0 Å². The molecule has 0 aliphatic heterocycles. The molecule has 0 bridgehead atoms. The summed E-state index contributed by atoms with van der Waals surface area (Å²) in [5.74, 6) is -0.0448. The van der Waals surface area contributed by atoms with Crippen LogP contribution in [-0.4, -0.2) is 24.4 Å². The van der Waals surface area contributed by atoms with E-state index < -0.39 is 6.04 Å². The number of amides is 2. The molecule has 0 radical (unpaired) electrons. The minimum absolute atomic E-state index is 0.0527. The molecular weight excluding hydrogens is 252 g/mol. The molecule has 2 N–H and O–H groups in total. The quantitative estimate of drug-likeness (QED) is 0.573. The number of carbonyl (C=O) groups excluding carboxylic acids is 2. The molecule has 0 rings (SSSR count). The smallest absolute Gasteiger partial charge is 0.242 e. The molecule has 0 aromatic rings. The molecule has 0 saturated carbocycles. The summed E-state index contributed by atoms with van der Waals surface area (Å²) in [6.07, 6.45) is 8.12. The zero-order valence-electron chi connectivity index (χ0n) is 13.6. The lowest BCUT2D eigenvalue weighted by Gasteiger charge is -2.22. The molecule has 0 aliphatic carbocycles. The van der Waals surface area contributed by atoms with Crippen LogP contribution in [-0.2, 0) is 9.59 Å². The van der Waals surface area contributed by atoms with E-state index in [2.05, 4.69) is 17.6 Å². The van der Waals surface area contributed by atoms with E-state index in [1.807, 2.05) is 13.8 Å². The molecule has 2 atom stereocenters. The van der Waals surface area contributed by atoms with Crippen molar-refractivity contribution in [2.45, 2.75) is 78.7 Å². The number of hydrogen-bond acceptors (Lipinski definition) is 2. The number of hydrogen-bond donors (Lipinski definition) is 2. The highest BCUT2D eigenvalue weighted by molar-refractivity contribution is 5.87. The monoisotopic (exact) mass is 284 g/mol. The first-order chi connectivity index (χ1) is 9.52. The maximum Gasteiger partial charge on any atom is 0.242 e. The van der Waals surface area contributed by atoms with Gasteiger partial charge in [-0.1, -0.05) is 59.3 Å².